The molecule has 0 aliphatic carbocycles. The lowest BCUT2D eigenvalue weighted by molar-refractivity contribution is 0.00578. The van der Waals surface area contributed by atoms with E-state index in [1.54, 1.807) is 6.07 Å². The molecule has 0 radical (unpaired) electrons. The molecule has 0 unspecified atom stereocenters. The molecular formula is C18H20BFO2. The van der Waals surface area contributed by atoms with Crippen molar-refractivity contribution in [2.75, 3.05) is 0 Å². The molecule has 0 bridgehead atoms. The van der Waals surface area contributed by atoms with Crippen LogP contribution in [-0.4, -0.2) is 18.3 Å². The number of benzene rings is 2. The smallest absolute Gasteiger partial charge is 0.399 e. The standard InChI is InChI=1S/C18H20BFO2/c1-17(2)18(3,4)22-19(21-17)14-11-8-12-15(20)16(14)13-9-6-5-7-10-13/h5-12H,1-4H3. The Morgan fingerprint density at radius 2 is 1.41 bits per heavy atom. The Balaban J connectivity index is 2.09. The summed E-state index contributed by atoms with van der Waals surface area (Å²) in [5, 5.41) is 0. The second-order valence-corrected chi connectivity index (χ2v) is 6.66. The maximum Gasteiger partial charge on any atom is 0.495 e. The fourth-order valence-corrected chi connectivity index (χ4v) is 2.62. The summed E-state index contributed by atoms with van der Waals surface area (Å²) in [6, 6.07) is 14.5. The SMILES string of the molecule is CC1(C)OB(c2cccc(F)c2-c2ccccc2)OC1(C)C. The Morgan fingerprint density at radius 1 is 0.818 bits per heavy atom. The van der Waals surface area contributed by atoms with Gasteiger partial charge in [0, 0.05) is 5.56 Å². The molecule has 1 saturated heterocycles. The molecule has 0 N–H and O–H groups in total. The third-order valence-corrected chi connectivity index (χ3v) is 4.62. The van der Waals surface area contributed by atoms with E-state index in [0.29, 0.717) is 5.56 Å². The lowest BCUT2D eigenvalue weighted by Gasteiger charge is -2.32. The van der Waals surface area contributed by atoms with E-state index in [2.05, 4.69) is 0 Å². The zero-order chi connectivity index (χ0) is 16.0. The van der Waals surface area contributed by atoms with Gasteiger partial charge in [-0.1, -0.05) is 42.5 Å². The third kappa shape index (κ3) is 2.47. The van der Waals surface area contributed by atoms with E-state index in [0.717, 1.165) is 11.0 Å². The van der Waals surface area contributed by atoms with Gasteiger partial charge in [0.15, 0.2) is 0 Å². The summed E-state index contributed by atoms with van der Waals surface area (Å²) in [5.74, 6) is -0.265. The van der Waals surface area contributed by atoms with Crippen LogP contribution in [0.5, 0.6) is 0 Å². The minimum atomic E-state index is -0.573. The first kappa shape index (κ1) is 15.3. The first-order valence-corrected chi connectivity index (χ1v) is 7.51. The van der Waals surface area contributed by atoms with E-state index in [1.807, 2.05) is 64.1 Å². The Kier molecular flexibility index (Phi) is 3.62. The van der Waals surface area contributed by atoms with Gasteiger partial charge < -0.3 is 9.31 Å². The van der Waals surface area contributed by atoms with Gasteiger partial charge >= 0.3 is 7.12 Å². The maximum absolute atomic E-state index is 14.5. The molecule has 1 heterocycles. The van der Waals surface area contributed by atoms with Crippen LogP contribution < -0.4 is 5.46 Å². The summed E-state index contributed by atoms with van der Waals surface area (Å²) in [5.41, 5.74) is 1.20. The van der Waals surface area contributed by atoms with E-state index < -0.39 is 18.3 Å². The molecule has 0 amide bonds. The molecule has 1 aliphatic heterocycles. The van der Waals surface area contributed by atoms with Crippen LogP contribution in [0.1, 0.15) is 27.7 Å². The lowest BCUT2D eigenvalue weighted by atomic mass is 9.74. The topological polar surface area (TPSA) is 18.5 Å². The van der Waals surface area contributed by atoms with Crippen LogP contribution in [0.15, 0.2) is 48.5 Å². The number of rotatable bonds is 2. The van der Waals surface area contributed by atoms with Crippen molar-refractivity contribution in [2.45, 2.75) is 38.9 Å². The number of hydrogen-bond donors (Lipinski definition) is 0. The molecule has 2 nitrogen and oxygen atoms in total. The molecule has 3 rings (SSSR count). The minimum absolute atomic E-state index is 0.265. The van der Waals surface area contributed by atoms with Crippen molar-refractivity contribution < 1.29 is 13.7 Å². The van der Waals surface area contributed by atoms with Gasteiger partial charge in [0.05, 0.1) is 11.2 Å². The molecule has 22 heavy (non-hydrogen) atoms. The zero-order valence-corrected chi connectivity index (χ0v) is 13.4. The van der Waals surface area contributed by atoms with Crippen molar-refractivity contribution in [3.05, 3.63) is 54.3 Å². The monoisotopic (exact) mass is 298 g/mol. The summed E-state index contributed by atoms with van der Waals surface area (Å²) in [4.78, 5) is 0. The normalized spacial score (nSPS) is 19.4. The summed E-state index contributed by atoms with van der Waals surface area (Å²) < 4.78 is 26.6. The van der Waals surface area contributed by atoms with Crippen molar-refractivity contribution in [1.29, 1.82) is 0 Å². The van der Waals surface area contributed by atoms with Crippen LogP contribution in [0.4, 0.5) is 4.39 Å². The molecular weight excluding hydrogens is 278 g/mol. The van der Waals surface area contributed by atoms with Crippen molar-refractivity contribution in [3.63, 3.8) is 0 Å². The van der Waals surface area contributed by atoms with Gasteiger partial charge in [0.2, 0.25) is 0 Å². The molecule has 1 aliphatic rings. The first-order valence-electron chi connectivity index (χ1n) is 7.51. The van der Waals surface area contributed by atoms with E-state index in [1.165, 1.54) is 6.07 Å². The molecule has 1 fully saturated rings. The van der Waals surface area contributed by atoms with E-state index in [-0.39, 0.29) is 5.82 Å². The maximum atomic E-state index is 14.5. The van der Waals surface area contributed by atoms with Crippen LogP contribution >= 0.6 is 0 Å². The van der Waals surface area contributed by atoms with Gasteiger partial charge in [-0.25, -0.2) is 4.39 Å². The van der Waals surface area contributed by atoms with Crippen LogP contribution in [0.25, 0.3) is 11.1 Å². The Hall–Kier alpha value is -1.65. The summed E-state index contributed by atoms with van der Waals surface area (Å²) in [7, 11) is -0.573. The zero-order valence-electron chi connectivity index (χ0n) is 13.4. The highest BCUT2D eigenvalue weighted by Gasteiger charge is 2.52. The van der Waals surface area contributed by atoms with Crippen molar-refractivity contribution in [3.8, 4) is 11.1 Å². The number of halogens is 1. The Bertz CT molecular complexity index is 667. The second-order valence-electron chi connectivity index (χ2n) is 6.66. The van der Waals surface area contributed by atoms with Gasteiger partial charge in [0.25, 0.3) is 0 Å². The second kappa shape index (κ2) is 5.22. The molecule has 0 saturated carbocycles. The summed E-state index contributed by atoms with van der Waals surface area (Å²) in [6.07, 6.45) is 0. The van der Waals surface area contributed by atoms with E-state index in [9.17, 15) is 4.39 Å². The quantitative estimate of drug-likeness (QED) is 0.785. The fourth-order valence-electron chi connectivity index (χ4n) is 2.62. The molecule has 4 heteroatoms. The number of hydrogen-bond acceptors (Lipinski definition) is 2. The molecule has 114 valence electrons. The molecule has 0 atom stereocenters. The fraction of sp³-hybridized carbons (Fsp3) is 0.333. The van der Waals surface area contributed by atoms with Gasteiger partial charge in [-0.05, 0) is 44.8 Å². The van der Waals surface area contributed by atoms with Crippen molar-refractivity contribution in [1.82, 2.24) is 0 Å². The molecule has 2 aromatic rings. The average molecular weight is 298 g/mol. The van der Waals surface area contributed by atoms with E-state index in [4.69, 9.17) is 9.31 Å². The first-order chi connectivity index (χ1) is 10.3. The van der Waals surface area contributed by atoms with Gasteiger partial charge in [-0.15, -0.1) is 0 Å². The van der Waals surface area contributed by atoms with Crippen LogP contribution in [0, 0.1) is 5.82 Å². The van der Waals surface area contributed by atoms with Gasteiger partial charge in [-0.2, -0.15) is 0 Å². The molecule has 0 spiro atoms. The predicted octanol–water partition coefficient (Wildman–Crippen LogP) is 3.79. The lowest BCUT2D eigenvalue weighted by Crippen LogP contribution is -2.41. The molecule has 2 aromatic carbocycles. The predicted molar refractivity (Wildman–Crippen MR) is 87.6 cm³/mol. The highest BCUT2D eigenvalue weighted by Crippen LogP contribution is 2.37. The minimum Gasteiger partial charge on any atom is -0.399 e. The van der Waals surface area contributed by atoms with Gasteiger partial charge in [0.1, 0.15) is 5.82 Å². The highest BCUT2D eigenvalue weighted by molar-refractivity contribution is 6.63. The Morgan fingerprint density at radius 3 is 2.00 bits per heavy atom. The van der Waals surface area contributed by atoms with E-state index >= 15 is 0 Å². The average Bonchev–Trinajstić information content (AvgIpc) is 2.68. The van der Waals surface area contributed by atoms with Crippen LogP contribution in [0.3, 0.4) is 0 Å². The third-order valence-electron chi connectivity index (χ3n) is 4.62. The van der Waals surface area contributed by atoms with Crippen LogP contribution in [-0.2, 0) is 9.31 Å². The largest absolute Gasteiger partial charge is 0.495 e. The van der Waals surface area contributed by atoms with Crippen molar-refractivity contribution >= 4 is 12.6 Å². The highest BCUT2D eigenvalue weighted by atomic mass is 19.1. The van der Waals surface area contributed by atoms with Crippen LogP contribution in [0.2, 0.25) is 0 Å². The van der Waals surface area contributed by atoms with Crippen molar-refractivity contribution in [2.24, 2.45) is 0 Å². The molecule has 0 aromatic heterocycles. The van der Waals surface area contributed by atoms with Gasteiger partial charge in [-0.3, -0.25) is 0 Å². The summed E-state index contributed by atoms with van der Waals surface area (Å²) in [6.45, 7) is 7.98. The summed E-state index contributed by atoms with van der Waals surface area (Å²) >= 11 is 0. The Labute approximate surface area is 131 Å².